The van der Waals surface area contributed by atoms with Crippen molar-refractivity contribution < 1.29 is 14.3 Å². The molecule has 0 aromatic heterocycles. The quantitative estimate of drug-likeness (QED) is 0.744. The summed E-state index contributed by atoms with van der Waals surface area (Å²) in [5, 5.41) is 0. The van der Waals surface area contributed by atoms with Crippen LogP contribution in [0.15, 0.2) is 48.5 Å². The first-order valence-corrected chi connectivity index (χ1v) is 11.1. The van der Waals surface area contributed by atoms with E-state index in [4.69, 9.17) is 4.74 Å². The molecule has 0 aliphatic carbocycles. The summed E-state index contributed by atoms with van der Waals surface area (Å²) in [5.74, 6) is 0.720. The van der Waals surface area contributed by atoms with Gasteiger partial charge in [0.2, 0.25) is 5.91 Å². The second-order valence-electron chi connectivity index (χ2n) is 8.40. The van der Waals surface area contributed by atoms with Crippen molar-refractivity contribution in [2.75, 3.05) is 37.6 Å². The average Bonchev–Trinajstić information content (AvgIpc) is 3.01. The van der Waals surface area contributed by atoms with E-state index in [0.717, 1.165) is 44.8 Å². The van der Waals surface area contributed by atoms with E-state index in [1.54, 1.807) is 11.8 Å². The summed E-state index contributed by atoms with van der Waals surface area (Å²) in [6.45, 7) is 8.57. The third-order valence-electron chi connectivity index (χ3n) is 6.22. The zero-order valence-corrected chi connectivity index (χ0v) is 18.4. The molecule has 2 aromatic carbocycles. The van der Waals surface area contributed by atoms with Gasteiger partial charge in [0.25, 0.3) is 5.91 Å². The molecule has 2 amide bonds. The van der Waals surface area contributed by atoms with Gasteiger partial charge in [-0.05, 0) is 43.5 Å². The number of hydrogen-bond acceptors (Lipinski definition) is 4. The summed E-state index contributed by atoms with van der Waals surface area (Å²) >= 11 is 0. The first-order valence-electron chi connectivity index (χ1n) is 11.1. The molecule has 0 bridgehead atoms. The number of carbonyl (C=O) groups excluding carboxylic acids is 2. The summed E-state index contributed by atoms with van der Waals surface area (Å²) < 4.78 is 5.69. The van der Waals surface area contributed by atoms with Crippen LogP contribution in [-0.4, -0.2) is 60.4 Å². The predicted octanol–water partition coefficient (Wildman–Crippen LogP) is 3.23. The molecule has 2 aliphatic rings. The Morgan fingerprint density at radius 2 is 1.81 bits per heavy atom. The SMILES string of the molecule is Cc1ccccc1CN1CCCN(C(=O)CCN2C(=O)C(C)Oc3ccccc32)CC1. The molecule has 4 rings (SSSR count). The van der Waals surface area contributed by atoms with Crippen molar-refractivity contribution in [1.82, 2.24) is 9.80 Å². The van der Waals surface area contributed by atoms with Crippen LogP contribution < -0.4 is 9.64 Å². The summed E-state index contributed by atoms with van der Waals surface area (Å²) in [6.07, 6.45) is 0.761. The van der Waals surface area contributed by atoms with Crippen LogP contribution in [0.2, 0.25) is 0 Å². The molecule has 6 nitrogen and oxygen atoms in total. The molecule has 1 unspecified atom stereocenters. The number of ether oxygens (including phenoxy) is 1. The number of aryl methyl sites for hydroxylation is 1. The molecule has 2 aliphatic heterocycles. The highest BCUT2D eigenvalue weighted by Gasteiger charge is 2.31. The number of fused-ring (bicyclic) bond motifs is 1. The van der Waals surface area contributed by atoms with E-state index in [2.05, 4.69) is 36.1 Å². The smallest absolute Gasteiger partial charge is 0.267 e. The zero-order chi connectivity index (χ0) is 21.8. The minimum Gasteiger partial charge on any atom is -0.479 e. The normalized spacial score (nSPS) is 19.5. The van der Waals surface area contributed by atoms with Crippen molar-refractivity contribution in [3.05, 3.63) is 59.7 Å². The fourth-order valence-corrected chi connectivity index (χ4v) is 4.36. The summed E-state index contributed by atoms with van der Waals surface area (Å²) in [7, 11) is 0. The van der Waals surface area contributed by atoms with Crippen molar-refractivity contribution >= 4 is 17.5 Å². The lowest BCUT2D eigenvalue weighted by Gasteiger charge is -2.33. The summed E-state index contributed by atoms with van der Waals surface area (Å²) in [4.78, 5) is 31.7. The highest BCUT2D eigenvalue weighted by molar-refractivity contribution is 6.00. The molecule has 2 aromatic rings. The van der Waals surface area contributed by atoms with Gasteiger partial charge in [-0.2, -0.15) is 0 Å². The minimum atomic E-state index is -0.529. The van der Waals surface area contributed by atoms with Gasteiger partial charge in [-0.25, -0.2) is 0 Å². The first-order chi connectivity index (χ1) is 15.0. The predicted molar refractivity (Wildman–Crippen MR) is 121 cm³/mol. The summed E-state index contributed by atoms with van der Waals surface area (Å²) in [5.41, 5.74) is 3.41. The monoisotopic (exact) mass is 421 g/mol. The van der Waals surface area contributed by atoms with Crippen LogP contribution in [0.4, 0.5) is 5.69 Å². The third kappa shape index (κ3) is 4.90. The highest BCUT2D eigenvalue weighted by Crippen LogP contribution is 2.33. The van der Waals surface area contributed by atoms with Gasteiger partial charge in [-0.1, -0.05) is 36.4 Å². The third-order valence-corrected chi connectivity index (χ3v) is 6.22. The molecule has 1 atom stereocenters. The maximum absolute atomic E-state index is 13.0. The number of nitrogens with zero attached hydrogens (tertiary/aromatic N) is 3. The molecule has 2 heterocycles. The van der Waals surface area contributed by atoms with Crippen LogP contribution in [0.5, 0.6) is 5.75 Å². The van der Waals surface area contributed by atoms with Gasteiger partial charge in [-0.15, -0.1) is 0 Å². The number of amides is 2. The second-order valence-corrected chi connectivity index (χ2v) is 8.40. The Kier molecular flexibility index (Phi) is 6.56. The number of hydrogen-bond donors (Lipinski definition) is 0. The molecule has 6 heteroatoms. The van der Waals surface area contributed by atoms with Gasteiger partial charge in [-0.3, -0.25) is 14.5 Å². The lowest BCUT2D eigenvalue weighted by Crippen LogP contribution is -2.46. The van der Waals surface area contributed by atoms with Gasteiger partial charge in [0, 0.05) is 45.7 Å². The van der Waals surface area contributed by atoms with E-state index >= 15 is 0 Å². The number of carbonyl (C=O) groups is 2. The average molecular weight is 422 g/mol. The Morgan fingerprint density at radius 3 is 2.65 bits per heavy atom. The lowest BCUT2D eigenvalue weighted by atomic mass is 10.1. The number of anilines is 1. The van der Waals surface area contributed by atoms with Crippen LogP contribution in [0.1, 0.15) is 30.9 Å². The molecule has 1 fully saturated rings. The minimum absolute atomic E-state index is 0.0910. The largest absolute Gasteiger partial charge is 0.479 e. The van der Waals surface area contributed by atoms with Crippen molar-refractivity contribution in [3.63, 3.8) is 0 Å². The van der Waals surface area contributed by atoms with Crippen LogP contribution in [-0.2, 0) is 16.1 Å². The van der Waals surface area contributed by atoms with E-state index in [1.165, 1.54) is 11.1 Å². The Bertz CT molecular complexity index is 945. The standard InChI is InChI=1S/C25H31N3O3/c1-19-8-3-4-9-21(19)18-26-13-7-14-27(17-16-26)24(29)12-15-28-22-10-5-6-11-23(22)31-20(2)25(28)30/h3-6,8-11,20H,7,12-18H2,1-2H3. The van der Waals surface area contributed by atoms with Gasteiger partial charge in [0.15, 0.2) is 6.10 Å². The van der Waals surface area contributed by atoms with Gasteiger partial charge in [0.1, 0.15) is 5.75 Å². The van der Waals surface area contributed by atoms with Crippen molar-refractivity contribution in [1.29, 1.82) is 0 Å². The molecule has 0 spiro atoms. The molecule has 0 N–H and O–H groups in total. The molecular formula is C25H31N3O3. The van der Waals surface area contributed by atoms with Crippen LogP contribution in [0.25, 0.3) is 0 Å². The highest BCUT2D eigenvalue weighted by atomic mass is 16.5. The van der Waals surface area contributed by atoms with Crippen molar-refractivity contribution in [2.45, 2.75) is 39.3 Å². The van der Waals surface area contributed by atoms with E-state index in [9.17, 15) is 9.59 Å². The van der Waals surface area contributed by atoms with E-state index in [1.807, 2.05) is 29.2 Å². The number of rotatable bonds is 5. The van der Waals surface area contributed by atoms with Gasteiger partial charge in [0.05, 0.1) is 5.69 Å². The molecule has 1 saturated heterocycles. The Hall–Kier alpha value is -2.86. The fraction of sp³-hybridized carbons (Fsp3) is 0.440. The maximum Gasteiger partial charge on any atom is 0.267 e. The molecular weight excluding hydrogens is 390 g/mol. The molecule has 0 saturated carbocycles. The molecule has 164 valence electrons. The molecule has 31 heavy (non-hydrogen) atoms. The van der Waals surface area contributed by atoms with Crippen molar-refractivity contribution in [2.24, 2.45) is 0 Å². The van der Waals surface area contributed by atoms with E-state index in [0.29, 0.717) is 18.7 Å². The zero-order valence-electron chi connectivity index (χ0n) is 18.4. The van der Waals surface area contributed by atoms with Crippen molar-refractivity contribution in [3.8, 4) is 5.75 Å². The number of para-hydroxylation sites is 2. The summed E-state index contributed by atoms with van der Waals surface area (Å²) in [6, 6.07) is 16.0. The Balaban J connectivity index is 1.33. The van der Waals surface area contributed by atoms with Gasteiger partial charge < -0.3 is 14.5 Å². The van der Waals surface area contributed by atoms with E-state index < -0.39 is 6.10 Å². The lowest BCUT2D eigenvalue weighted by molar-refractivity contribution is -0.131. The Morgan fingerprint density at radius 1 is 1.03 bits per heavy atom. The van der Waals surface area contributed by atoms with Crippen LogP contribution in [0.3, 0.4) is 0 Å². The fourth-order valence-electron chi connectivity index (χ4n) is 4.36. The van der Waals surface area contributed by atoms with E-state index in [-0.39, 0.29) is 11.8 Å². The van der Waals surface area contributed by atoms with Gasteiger partial charge >= 0.3 is 0 Å². The topological polar surface area (TPSA) is 53.1 Å². The maximum atomic E-state index is 13.0. The van der Waals surface area contributed by atoms with Crippen LogP contribution >= 0.6 is 0 Å². The number of benzene rings is 2. The second kappa shape index (κ2) is 9.52. The molecule has 0 radical (unpaired) electrons. The first kappa shape index (κ1) is 21.4. The van der Waals surface area contributed by atoms with Crippen LogP contribution in [0, 0.1) is 6.92 Å². The Labute approximate surface area is 184 Å².